The molecule has 2 N–H and O–H groups in total. The van der Waals surface area contributed by atoms with Crippen LogP contribution in [-0.4, -0.2) is 52.9 Å². The van der Waals surface area contributed by atoms with Crippen LogP contribution in [0.15, 0.2) is 29.5 Å². The van der Waals surface area contributed by atoms with E-state index in [2.05, 4.69) is 20.4 Å². The number of anilines is 3. The third kappa shape index (κ3) is 4.06. The molecular weight excluding hydrogens is 408 g/mol. The molecule has 1 fully saturated rings. The fourth-order valence-electron chi connectivity index (χ4n) is 4.51. The highest BCUT2D eigenvalue weighted by Gasteiger charge is 2.41. The summed E-state index contributed by atoms with van der Waals surface area (Å²) in [6, 6.07) is 5.32. The number of hydrogen-bond acceptors (Lipinski definition) is 8. The number of amides is 1. The standard InChI is InChI=1S/C23H30N6O3/c1-4-17-22(31)28(3)18-14-24-23(26-21(18)29(17)16-10-6-7-11-16)27-25-13-15-9-8-12-19(20(15)30)32-5-2/h8-9,12-14,16-17,30H,4-7,10-11H2,1-3H3,(H,24,26,27)/b25-13+. The number of benzene rings is 1. The van der Waals surface area contributed by atoms with Gasteiger partial charge in [0, 0.05) is 18.7 Å². The van der Waals surface area contributed by atoms with E-state index in [4.69, 9.17) is 9.72 Å². The van der Waals surface area contributed by atoms with Gasteiger partial charge in [0.15, 0.2) is 17.3 Å². The summed E-state index contributed by atoms with van der Waals surface area (Å²) in [5, 5.41) is 14.5. The van der Waals surface area contributed by atoms with Crippen LogP contribution in [0.1, 0.15) is 51.5 Å². The average molecular weight is 439 g/mol. The van der Waals surface area contributed by atoms with Gasteiger partial charge in [-0.3, -0.25) is 4.79 Å². The van der Waals surface area contributed by atoms with Gasteiger partial charge in [0.05, 0.1) is 19.0 Å². The highest BCUT2D eigenvalue weighted by Crippen LogP contribution is 2.39. The van der Waals surface area contributed by atoms with E-state index in [-0.39, 0.29) is 17.7 Å². The van der Waals surface area contributed by atoms with Crippen LogP contribution in [0.2, 0.25) is 0 Å². The predicted octanol–water partition coefficient (Wildman–Crippen LogP) is 3.53. The number of hydrazone groups is 1. The largest absolute Gasteiger partial charge is 0.504 e. The molecule has 1 atom stereocenters. The van der Waals surface area contributed by atoms with E-state index in [1.54, 1.807) is 36.3 Å². The Morgan fingerprint density at radius 1 is 1.31 bits per heavy atom. The maximum atomic E-state index is 13.0. The van der Waals surface area contributed by atoms with E-state index in [1.807, 2.05) is 13.8 Å². The first-order chi connectivity index (χ1) is 15.5. The van der Waals surface area contributed by atoms with Crippen molar-refractivity contribution in [3.05, 3.63) is 30.0 Å². The maximum absolute atomic E-state index is 13.0. The molecule has 1 amide bonds. The van der Waals surface area contributed by atoms with Crippen LogP contribution in [0.25, 0.3) is 0 Å². The molecule has 0 bridgehead atoms. The number of likely N-dealkylation sites (N-methyl/N-ethyl adjacent to an activating group) is 1. The summed E-state index contributed by atoms with van der Waals surface area (Å²) < 4.78 is 5.41. The van der Waals surface area contributed by atoms with Crippen LogP contribution in [0.4, 0.5) is 17.5 Å². The molecule has 32 heavy (non-hydrogen) atoms. The molecule has 0 spiro atoms. The molecule has 170 valence electrons. The molecule has 9 nitrogen and oxygen atoms in total. The molecular formula is C23H30N6O3. The minimum Gasteiger partial charge on any atom is -0.504 e. The highest BCUT2D eigenvalue weighted by molar-refractivity contribution is 6.04. The van der Waals surface area contributed by atoms with Crippen LogP contribution >= 0.6 is 0 Å². The second-order valence-electron chi connectivity index (χ2n) is 8.07. The zero-order valence-electron chi connectivity index (χ0n) is 18.8. The quantitative estimate of drug-likeness (QED) is 0.503. The average Bonchev–Trinajstić information content (AvgIpc) is 3.33. The molecule has 4 rings (SSSR count). The van der Waals surface area contributed by atoms with E-state index in [0.29, 0.717) is 35.6 Å². The first kappa shape index (κ1) is 21.9. The van der Waals surface area contributed by atoms with E-state index in [0.717, 1.165) is 25.1 Å². The van der Waals surface area contributed by atoms with Gasteiger partial charge in [-0.25, -0.2) is 10.4 Å². The number of hydrogen-bond donors (Lipinski definition) is 2. The number of aromatic hydroxyl groups is 1. The van der Waals surface area contributed by atoms with E-state index in [1.165, 1.54) is 19.1 Å². The molecule has 2 heterocycles. The Balaban J connectivity index is 1.60. The maximum Gasteiger partial charge on any atom is 0.249 e. The molecule has 9 heteroatoms. The van der Waals surface area contributed by atoms with Crippen LogP contribution < -0.4 is 20.0 Å². The molecule has 1 aromatic heterocycles. The van der Waals surface area contributed by atoms with Crippen LogP contribution in [0, 0.1) is 0 Å². The second kappa shape index (κ2) is 9.42. The van der Waals surface area contributed by atoms with E-state index < -0.39 is 0 Å². The fourth-order valence-corrected chi connectivity index (χ4v) is 4.51. The number of carbonyl (C=O) groups is 1. The lowest BCUT2D eigenvalue weighted by atomic mass is 10.0. The molecule has 0 saturated heterocycles. The summed E-state index contributed by atoms with van der Waals surface area (Å²) in [6.07, 6.45) is 8.35. The highest BCUT2D eigenvalue weighted by atomic mass is 16.5. The summed E-state index contributed by atoms with van der Waals surface area (Å²) >= 11 is 0. The van der Waals surface area contributed by atoms with Gasteiger partial charge in [-0.2, -0.15) is 10.1 Å². The normalized spacial score (nSPS) is 19.0. The summed E-state index contributed by atoms with van der Waals surface area (Å²) in [5.41, 5.74) is 4.09. The van der Waals surface area contributed by atoms with Crippen molar-refractivity contribution in [1.29, 1.82) is 0 Å². The van der Waals surface area contributed by atoms with Crippen molar-refractivity contribution < 1.29 is 14.6 Å². The third-order valence-electron chi connectivity index (χ3n) is 6.11. The number of fused-ring (bicyclic) bond motifs is 1. The van der Waals surface area contributed by atoms with Gasteiger partial charge in [-0.15, -0.1) is 0 Å². The summed E-state index contributed by atoms with van der Waals surface area (Å²) in [4.78, 5) is 25.9. The van der Waals surface area contributed by atoms with Crippen molar-refractivity contribution in [2.24, 2.45) is 5.10 Å². The topological polar surface area (TPSA) is 103 Å². The Kier molecular flexibility index (Phi) is 6.43. The summed E-state index contributed by atoms with van der Waals surface area (Å²) in [5.74, 6) is 1.62. The van der Waals surface area contributed by atoms with Gasteiger partial charge in [-0.1, -0.05) is 25.8 Å². The number of phenolic OH excluding ortho intramolecular Hbond substituents is 1. The molecule has 1 saturated carbocycles. The number of nitrogens with one attached hydrogen (secondary N) is 1. The monoisotopic (exact) mass is 438 g/mol. The Morgan fingerprint density at radius 2 is 2.09 bits per heavy atom. The molecule has 1 aliphatic heterocycles. The zero-order chi connectivity index (χ0) is 22.7. The first-order valence-electron chi connectivity index (χ1n) is 11.2. The van der Waals surface area contributed by atoms with Gasteiger partial charge < -0.3 is 19.6 Å². The van der Waals surface area contributed by atoms with E-state index in [9.17, 15) is 9.90 Å². The molecule has 2 aliphatic rings. The molecule has 1 unspecified atom stereocenters. The number of ether oxygens (including phenoxy) is 1. The minimum atomic E-state index is -0.222. The lowest BCUT2D eigenvalue weighted by Gasteiger charge is -2.43. The van der Waals surface area contributed by atoms with Crippen LogP contribution in [0.5, 0.6) is 11.5 Å². The van der Waals surface area contributed by atoms with Gasteiger partial charge in [0.1, 0.15) is 11.7 Å². The predicted molar refractivity (Wildman–Crippen MR) is 125 cm³/mol. The Hall–Kier alpha value is -3.36. The Labute approximate surface area is 188 Å². The SMILES string of the molecule is CCOc1cccc(/C=N/Nc2ncc3c(n2)N(C2CCCC2)C(CC)C(=O)N3C)c1O. The molecule has 1 aliphatic carbocycles. The second-order valence-corrected chi connectivity index (χ2v) is 8.07. The first-order valence-corrected chi connectivity index (χ1v) is 11.2. The van der Waals surface area contributed by atoms with Crippen molar-refractivity contribution in [3.63, 3.8) is 0 Å². The zero-order valence-corrected chi connectivity index (χ0v) is 18.8. The van der Waals surface area contributed by atoms with Crippen molar-refractivity contribution in [2.45, 2.75) is 58.0 Å². The number of phenols is 1. The summed E-state index contributed by atoms with van der Waals surface area (Å²) in [6.45, 7) is 4.36. The number of aromatic nitrogens is 2. The van der Waals surface area contributed by atoms with E-state index >= 15 is 0 Å². The fraction of sp³-hybridized carbons (Fsp3) is 0.478. The number of rotatable bonds is 7. The number of carbonyl (C=O) groups excluding carboxylic acids is 1. The van der Waals surface area contributed by atoms with Gasteiger partial charge in [-0.05, 0) is 38.3 Å². The van der Waals surface area contributed by atoms with Crippen molar-refractivity contribution in [2.75, 3.05) is 28.9 Å². The van der Waals surface area contributed by atoms with Gasteiger partial charge in [0.25, 0.3) is 0 Å². The minimum absolute atomic E-state index is 0.0320. The Morgan fingerprint density at radius 3 is 2.81 bits per heavy atom. The lowest BCUT2D eigenvalue weighted by molar-refractivity contribution is -0.120. The van der Waals surface area contributed by atoms with Crippen LogP contribution in [-0.2, 0) is 4.79 Å². The number of para-hydroxylation sites is 1. The number of nitrogens with zero attached hydrogens (tertiary/aromatic N) is 5. The third-order valence-corrected chi connectivity index (χ3v) is 6.11. The van der Waals surface area contributed by atoms with Crippen LogP contribution in [0.3, 0.4) is 0 Å². The molecule has 2 aromatic rings. The van der Waals surface area contributed by atoms with Crippen molar-refractivity contribution in [1.82, 2.24) is 9.97 Å². The smallest absolute Gasteiger partial charge is 0.249 e. The molecule has 0 radical (unpaired) electrons. The molecule has 1 aromatic carbocycles. The van der Waals surface area contributed by atoms with Crippen molar-refractivity contribution in [3.8, 4) is 11.5 Å². The Bertz CT molecular complexity index is 1010. The van der Waals surface area contributed by atoms with Gasteiger partial charge >= 0.3 is 0 Å². The van der Waals surface area contributed by atoms with Crippen molar-refractivity contribution >= 4 is 29.6 Å². The summed E-state index contributed by atoms with van der Waals surface area (Å²) in [7, 11) is 1.78. The lowest BCUT2D eigenvalue weighted by Crippen LogP contribution is -2.55. The van der Waals surface area contributed by atoms with Gasteiger partial charge in [0.2, 0.25) is 11.9 Å².